The van der Waals surface area contributed by atoms with Crippen LogP contribution >= 0.6 is 11.3 Å². The number of hydrogen-bond donors (Lipinski definition) is 2. The van der Waals surface area contributed by atoms with Crippen molar-refractivity contribution in [3.8, 4) is 0 Å². The number of nitrogens with one attached hydrogen (secondary N) is 1. The highest BCUT2D eigenvalue weighted by Gasteiger charge is 2.04. The fourth-order valence-electron chi connectivity index (χ4n) is 1.20. The maximum atomic E-state index is 13.0. The number of hydrogen-bond acceptors (Lipinski definition) is 4. The van der Waals surface area contributed by atoms with Crippen LogP contribution < -0.4 is 5.32 Å². The predicted molar refractivity (Wildman–Crippen MR) is 57.7 cm³/mol. The molecule has 0 unspecified atom stereocenters. The number of aromatic nitrogens is 1. The van der Waals surface area contributed by atoms with Crippen LogP contribution in [0.1, 0.15) is 5.56 Å². The van der Waals surface area contributed by atoms with E-state index in [-0.39, 0.29) is 12.4 Å². The zero-order valence-electron chi connectivity index (χ0n) is 7.77. The highest BCUT2D eigenvalue weighted by atomic mass is 32.1. The quantitative estimate of drug-likeness (QED) is 0.842. The number of aliphatic hydroxyl groups is 1. The van der Waals surface area contributed by atoms with Crippen molar-refractivity contribution < 1.29 is 9.50 Å². The molecule has 0 saturated heterocycles. The first-order valence-corrected chi connectivity index (χ1v) is 5.23. The van der Waals surface area contributed by atoms with Crippen LogP contribution in [0.25, 0.3) is 0 Å². The number of nitrogens with zero attached hydrogens (tertiary/aromatic N) is 1. The molecule has 1 aromatic heterocycles. The fourth-order valence-corrected chi connectivity index (χ4v) is 1.74. The Bertz CT molecular complexity index is 445. The Labute approximate surface area is 90.2 Å². The average Bonchev–Trinajstić information content (AvgIpc) is 2.71. The van der Waals surface area contributed by atoms with E-state index in [1.54, 1.807) is 12.3 Å². The molecule has 0 spiro atoms. The van der Waals surface area contributed by atoms with Crippen molar-refractivity contribution in [2.75, 3.05) is 5.32 Å². The summed E-state index contributed by atoms with van der Waals surface area (Å²) in [7, 11) is 0. The van der Waals surface area contributed by atoms with Gasteiger partial charge in [0.2, 0.25) is 0 Å². The molecule has 2 rings (SSSR count). The summed E-state index contributed by atoms with van der Waals surface area (Å²) in [6.07, 6.45) is 1.66. The number of aliphatic hydroxyl groups excluding tert-OH is 1. The van der Waals surface area contributed by atoms with Gasteiger partial charge in [-0.25, -0.2) is 9.37 Å². The number of halogens is 1. The van der Waals surface area contributed by atoms with E-state index in [2.05, 4.69) is 10.3 Å². The van der Waals surface area contributed by atoms with Crippen LogP contribution in [0, 0.1) is 5.82 Å². The van der Waals surface area contributed by atoms with Crippen molar-refractivity contribution in [2.45, 2.75) is 6.61 Å². The minimum Gasteiger partial charge on any atom is -0.392 e. The molecule has 1 aromatic carbocycles. The van der Waals surface area contributed by atoms with Crippen molar-refractivity contribution in [3.05, 3.63) is 41.2 Å². The van der Waals surface area contributed by atoms with Gasteiger partial charge in [-0.2, -0.15) is 0 Å². The SMILES string of the molecule is OCc1ccc(F)cc1Nc1nccs1. The summed E-state index contributed by atoms with van der Waals surface area (Å²) in [6.45, 7) is -0.131. The summed E-state index contributed by atoms with van der Waals surface area (Å²) < 4.78 is 13.0. The van der Waals surface area contributed by atoms with E-state index in [4.69, 9.17) is 5.11 Å². The zero-order chi connectivity index (χ0) is 10.7. The summed E-state index contributed by atoms with van der Waals surface area (Å²) in [5, 5.41) is 14.5. The molecule has 0 aliphatic carbocycles. The van der Waals surface area contributed by atoms with E-state index in [1.807, 2.05) is 5.38 Å². The van der Waals surface area contributed by atoms with Crippen LogP contribution in [0.4, 0.5) is 15.2 Å². The third-order valence-electron chi connectivity index (χ3n) is 1.92. The van der Waals surface area contributed by atoms with Gasteiger partial charge in [0.05, 0.1) is 6.61 Å². The highest BCUT2D eigenvalue weighted by molar-refractivity contribution is 7.13. The van der Waals surface area contributed by atoms with Crippen LogP contribution in [0.5, 0.6) is 0 Å². The van der Waals surface area contributed by atoms with Crippen LogP contribution in [-0.2, 0) is 6.61 Å². The van der Waals surface area contributed by atoms with Gasteiger partial charge in [0.15, 0.2) is 5.13 Å². The molecule has 0 fully saturated rings. The van der Waals surface area contributed by atoms with E-state index < -0.39 is 0 Å². The number of benzene rings is 1. The third kappa shape index (κ3) is 2.31. The maximum Gasteiger partial charge on any atom is 0.187 e. The van der Waals surface area contributed by atoms with Gasteiger partial charge in [0.25, 0.3) is 0 Å². The summed E-state index contributed by atoms with van der Waals surface area (Å²) in [4.78, 5) is 4.02. The van der Waals surface area contributed by atoms with Gasteiger partial charge in [0, 0.05) is 22.8 Å². The lowest BCUT2D eigenvalue weighted by molar-refractivity contribution is 0.282. The second-order valence-electron chi connectivity index (χ2n) is 2.92. The summed E-state index contributed by atoms with van der Waals surface area (Å²) in [5.41, 5.74) is 1.19. The molecule has 0 atom stereocenters. The van der Waals surface area contributed by atoms with E-state index >= 15 is 0 Å². The van der Waals surface area contributed by atoms with Crippen molar-refractivity contribution in [1.82, 2.24) is 4.98 Å². The summed E-state index contributed by atoms with van der Waals surface area (Å²) >= 11 is 1.42. The van der Waals surface area contributed by atoms with Crippen LogP contribution in [0.15, 0.2) is 29.8 Å². The average molecular weight is 224 g/mol. The fraction of sp³-hybridized carbons (Fsp3) is 0.100. The van der Waals surface area contributed by atoms with Gasteiger partial charge in [-0.05, 0) is 12.1 Å². The molecule has 0 bridgehead atoms. The van der Waals surface area contributed by atoms with Crippen molar-refractivity contribution in [2.24, 2.45) is 0 Å². The first-order chi connectivity index (χ1) is 7.29. The molecule has 0 amide bonds. The molecular weight excluding hydrogens is 215 g/mol. The Morgan fingerprint density at radius 3 is 3.00 bits per heavy atom. The zero-order valence-corrected chi connectivity index (χ0v) is 8.59. The van der Waals surface area contributed by atoms with Crippen molar-refractivity contribution in [3.63, 3.8) is 0 Å². The Morgan fingerprint density at radius 1 is 1.47 bits per heavy atom. The molecule has 0 saturated carbocycles. The number of anilines is 2. The molecule has 3 nitrogen and oxygen atoms in total. The number of thiazole rings is 1. The summed E-state index contributed by atoms with van der Waals surface area (Å²) in [5.74, 6) is -0.341. The minimum absolute atomic E-state index is 0.131. The maximum absolute atomic E-state index is 13.0. The normalized spacial score (nSPS) is 10.3. The van der Waals surface area contributed by atoms with Gasteiger partial charge in [0.1, 0.15) is 5.82 Å². The topological polar surface area (TPSA) is 45.1 Å². The second-order valence-corrected chi connectivity index (χ2v) is 3.82. The highest BCUT2D eigenvalue weighted by Crippen LogP contribution is 2.23. The second kappa shape index (κ2) is 4.37. The van der Waals surface area contributed by atoms with E-state index in [9.17, 15) is 4.39 Å². The largest absolute Gasteiger partial charge is 0.392 e. The molecule has 0 aliphatic heterocycles. The van der Waals surface area contributed by atoms with Crippen molar-refractivity contribution >= 4 is 22.2 Å². The predicted octanol–water partition coefficient (Wildman–Crippen LogP) is 2.52. The molecule has 15 heavy (non-hydrogen) atoms. The van der Waals surface area contributed by atoms with Crippen molar-refractivity contribution in [1.29, 1.82) is 0 Å². The van der Waals surface area contributed by atoms with Gasteiger partial charge < -0.3 is 10.4 Å². The van der Waals surface area contributed by atoms with Crippen LogP contribution in [0.3, 0.4) is 0 Å². The van der Waals surface area contributed by atoms with Gasteiger partial charge in [-0.1, -0.05) is 6.07 Å². The van der Waals surface area contributed by atoms with E-state index in [0.717, 1.165) is 0 Å². The molecule has 0 aliphatic rings. The molecule has 2 aromatic rings. The van der Waals surface area contributed by atoms with Gasteiger partial charge in [-0.3, -0.25) is 0 Å². The molecule has 0 radical (unpaired) electrons. The molecule has 2 N–H and O–H groups in total. The van der Waals surface area contributed by atoms with E-state index in [1.165, 1.54) is 23.5 Å². The lowest BCUT2D eigenvalue weighted by Gasteiger charge is -2.07. The van der Waals surface area contributed by atoms with Crippen LogP contribution in [0.2, 0.25) is 0 Å². The van der Waals surface area contributed by atoms with Gasteiger partial charge >= 0.3 is 0 Å². The third-order valence-corrected chi connectivity index (χ3v) is 2.60. The Balaban J connectivity index is 2.30. The molecular formula is C10H9FN2OS. The molecule has 1 heterocycles. The molecule has 5 heteroatoms. The van der Waals surface area contributed by atoms with Crippen LogP contribution in [-0.4, -0.2) is 10.1 Å². The number of rotatable bonds is 3. The minimum atomic E-state index is -0.341. The monoisotopic (exact) mass is 224 g/mol. The first kappa shape index (κ1) is 10.1. The smallest absolute Gasteiger partial charge is 0.187 e. The Hall–Kier alpha value is -1.46. The Kier molecular flexibility index (Phi) is 2.94. The lowest BCUT2D eigenvalue weighted by atomic mass is 10.2. The first-order valence-electron chi connectivity index (χ1n) is 4.35. The van der Waals surface area contributed by atoms with Gasteiger partial charge in [-0.15, -0.1) is 11.3 Å². The lowest BCUT2D eigenvalue weighted by Crippen LogP contribution is -1.96. The summed E-state index contributed by atoms with van der Waals surface area (Å²) in [6, 6.07) is 4.21. The standard InChI is InChI=1S/C10H9FN2OS/c11-8-2-1-7(6-14)9(5-8)13-10-12-3-4-15-10/h1-5,14H,6H2,(H,12,13). The molecule has 78 valence electrons. The Morgan fingerprint density at radius 2 is 2.33 bits per heavy atom. The van der Waals surface area contributed by atoms with E-state index in [0.29, 0.717) is 16.4 Å².